The first-order chi connectivity index (χ1) is 14.6. The maximum atomic E-state index is 12.6. The average molecular weight is 468 g/mol. The summed E-state index contributed by atoms with van der Waals surface area (Å²) >= 11 is 0. The molecule has 9 nitrogen and oxygen atoms in total. The Bertz CT molecular complexity index is 1140. The fraction of sp³-hybridized carbons (Fsp3) is 0.350. The molecule has 0 aromatic heterocycles. The Kier molecular flexibility index (Phi) is 6.87. The molecule has 0 spiro atoms. The molecule has 31 heavy (non-hydrogen) atoms. The Morgan fingerprint density at radius 1 is 1.03 bits per heavy atom. The number of benzene rings is 2. The van der Waals surface area contributed by atoms with E-state index >= 15 is 0 Å². The molecule has 2 aromatic rings. The molecule has 1 aliphatic heterocycles. The predicted octanol–water partition coefficient (Wildman–Crippen LogP) is 1.88. The Hall–Kier alpha value is -2.63. The topological polar surface area (TPSA) is 113 Å². The Labute approximate surface area is 182 Å². The number of anilines is 2. The summed E-state index contributed by atoms with van der Waals surface area (Å²) in [5.41, 5.74) is 0.605. The highest BCUT2D eigenvalue weighted by atomic mass is 32.2. The van der Waals surface area contributed by atoms with E-state index in [0.717, 1.165) is 23.4 Å². The molecule has 0 saturated carbocycles. The molecule has 1 N–H and O–H groups in total. The molecular weight excluding hydrogens is 442 g/mol. The van der Waals surface area contributed by atoms with E-state index in [9.17, 15) is 21.6 Å². The van der Waals surface area contributed by atoms with Crippen LogP contribution >= 0.6 is 0 Å². The molecule has 0 radical (unpaired) electrons. The lowest BCUT2D eigenvalue weighted by atomic mass is 10.3. The van der Waals surface area contributed by atoms with Crippen molar-refractivity contribution in [3.8, 4) is 5.75 Å². The molecule has 1 saturated heterocycles. The van der Waals surface area contributed by atoms with Crippen LogP contribution in [0.1, 0.15) is 12.8 Å². The summed E-state index contributed by atoms with van der Waals surface area (Å²) in [4.78, 5) is 12.7. The Balaban J connectivity index is 1.74. The number of sulfonamides is 2. The molecule has 1 amide bonds. The summed E-state index contributed by atoms with van der Waals surface area (Å²) < 4.78 is 57.4. The van der Waals surface area contributed by atoms with Gasteiger partial charge in [-0.2, -0.15) is 4.31 Å². The lowest BCUT2D eigenvalue weighted by molar-refractivity contribution is -0.114. The number of methoxy groups -OCH3 is 1. The van der Waals surface area contributed by atoms with Crippen LogP contribution in [-0.4, -0.2) is 60.0 Å². The summed E-state index contributed by atoms with van der Waals surface area (Å²) in [5.74, 6) is -0.260. The molecule has 0 atom stereocenters. The third-order valence-corrected chi connectivity index (χ3v) is 7.92. The number of hydrogen-bond donors (Lipinski definition) is 1. The Morgan fingerprint density at radius 2 is 1.65 bits per heavy atom. The second-order valence-electron chi connectivity index (χ2n) is 7.13. The lowest BCUT2D eigenvalue weighted by Gasteiger charge is -2.23. The van der Waals surface area contributed by atoms with Gasteiger partial charge >= 0.3 is 0 Å². The van der Waals surface area contributed by atoms with E-state index in [1.807, 2.05) is 0 Å². The number of rotatable bonds is 8. The minimum absolute atomic E-state index is 0.152. The molecule has 0 bridgehead atoms. The molecule has 168 valence electrons. The van der Waals surface area contributed by atoms with Crippen molar-refractivity contribution in [2.45, 2.75) is 17.7 Å². The summed E-state index contributed by atoms with van der Waals surface area (Å²) in [6.45, 7) is 0.545. The first kappa shape index (κ1) is 23.0. The van der Waals surface area contributed by atoms with Crippen molar-refractivity contribution in [2.24, 2.45) is 0 Å². The number of nitrogens with zero attached hydrogens (tertiary/aromatic N) is 2. The van der Waals surface area contributed by atoms with E-state index in [4.69, 9.17) is 4.74 Å². The van der Waals surface area contributed by atoms with Crippen LogP contribution in [0.3, 0.4) is 0 Å². The summed E-state index contributed by atoms with van der Waals surface area (Å²) in [5, 5.41) is 2.61. The van der Waals surface area contributed by atoms with E-state index in [1.54, 1.807) is 24.3 Å². The molecule has 11 heteroatoms. The molecular formula is C20H25N3O6S2. The van der Waals surface area contributed by atoms with Crippen molar-refractivity contribution in [1.82, 2.24) is 4.31 Å². The van der Waals surface area contributed by atoms with Gasteiger partial charge in [-0.05, 0) is 49.2 Å². The van der Waals surface area contributed by atoms with Crippen LogP contribution in [0.5, 0.6) is 5.75 Å². The summed E-state index contributed by atoms with van der Waals surface area (Å²) in [6, 6.07) is 12.3. The average Bonchev–Trinajstić information content (AvgIpc) is 3.27. The molecule has 3 rings (SSSR count). The summed E-state index contributed by atoms with van der Waals surface area (Å²) in [7, 11) is -5.90. The fourth-order valence-electron chi connectivity index (χ4n) is 3.34. The minimum Gasteiger partial charge on any atom is -0.495 e. The number of amides is 1. The predicted molar refractivity (Wildman–Crippen MR) is 118 cm³/mol. The first-order valence-corrected chi connectivity index (χ1v) is 12.9. The van der Waals surface area contributed by atoms with Crippen molar-refractivity contribution in [2.75, 3.05) is 42.6 Å². The van der Waals surface area contributed by atoms with E-state index in [2.05, 4.69) is 5.32 Å². The molecule has 0 unspecified atom stereocenters. The van der Waals surface area contributed by atoms with Crippen molar-refractivity contribution in [3.05, 3.63) is 48.5 Å². The van der Waals surface area contributed by atoms with Gasteiger partial charge in [0, 0.05) is 18.8 Å². The fourth-order valence-corrected chi connectivity index (χ4v) is 5.71. The standard InChI is InChI=1S/C20H25N3O6S2/c1-29-19-8-4-3-7-18(19)23(30(2,25)26)15-20(24)21-16-9-11-17(12-10-16)31(27,28)22-13-5-6-14-22/h3-4,7-12H,5-6,13-15H2,1-2H3,(H,21,24). The highest BCUT2D eigenvalue weighted by molar-refractivity contribution is 7.92. The van der Waals surface area contributed by atoms with Gasteiger partial charge in [0.15, 0.2) is 0 Å². The molecule has 0 aliphatic carbocycles. The highest BCUT2D eigenvalue weighted by Gasteiger charge is 2.27. The smallest absolute Gasteiger partial charge is 0.245 e. The van der Waals surface area contributed by atoms with Gasteiger partial charge in [0.25, 0.3) is 0 Å². The van der Waals surface area contributed by atoms with Crippen LogP contribution in [0.25, 0.3) is 0 Å². The number of ether oxygens (including phenoxy) is 1. The van der Waals surface area contributed by atoms with Gasteiger partial charge < -0.3 is 10.1 Å². The van der Waals surface area contributed by atoms with Gasteiger partial charge in [0.05, 0.1) is 23.9 Å². The Morgan fingerprint density at radius 3 is 2.23 bits per heavy atom. The highest BCUT2D eigenvalue weighted by Crippen LogP contribution is 2.29. The lowest BCUT2D eigenvalue weighted by Crippen LogP contribution is -2.37. The van der Waals surface area contributed by atoms with Gasteiger partial charge in [-0.15, -0.1) is 0 Å². The van der Waals surface area contributed by atoms with Crippen molar-refractivity contribution in [3.63, 3.8) is 0 Å². The normalized spacial score (nSPS) is 14.9. The first-order valence-electron chi connectivity index (χ1n) is 9.64. The van der Waals surface area contributed by atoms with Crippen LogP contribution in [0.4, 0.5) is 11.4 Å². The zero-order valence-electron chi connectivity index (χ0n) is 17.3. The van der Waals surface area contributed by atoms with Crippen molar-refractivity contribution >= 4 is 37.3 Å². The maximum Gasteiger partial charge on any atom is 0.245 e. The monoisotopic (exact) mass is 467 g/mol. The number of nitrogens with one attached hydrogen (secondary N) is 1. The van der Waals surface area contributed by atoms with Crippen LogP contribution in [-0.2, 0) is 24.8 Å². The van der Waals surface area contributed by atoms with Crippen LogP contribution < -0.4 is 14.4 Å². The minimum atomic E-state index is -3.77. The maximum absolute atomic E-state index is 12.6. The molecule has 1 aliphatic rings. The third kappa shape index (κ3) is 5.35. The van der Waals surface area contributed by atoms with E-state index in [-0.39, 0.29) is 10.6 Å². The van der Waals surface area contributed by atoms with Gasteiger partial charge in [-0.3, -0.25) is 9.10 Å². The number of para-hydroxylation sites is 2. The van der Waals surface area contributed by atoms with Crippen molar-refractivity contribution in [1.29, 1.82) is 0 Å². The van der Waals surface area contributed by atoms with Crippen LogP contribution in [0, 0.1) is 0 Å². The molecule has 1 fully saturated rings. The van der Waals surface area contributed by atoms with Crippen LogP contribution in [0.2, 0.25) is 0 Å². The molecule has 1 heterocycles. The van der Waals surface area contributed by atoms with Crippen LogP contribution in [0.15, 0.2) is 53.4 Å². The zero-order valence-corrected chi connectivity index (χ0v) is 18.9. The quantitative estimate of drug-likeness (QED) is 0.634. The number of carbonyl (C=O) groups is 1. The largest absolute Gasteiger partial charge is 0.495 e. The van der Waals surface area contributed by atoms with E-state index in [1.165, 1.54) is 35.7 Å². The van der Waals surface area contributed by atoms with Gasteiger partial charge in [0.2, 0.25) is 26.0 Å². The zero-order chi connectivity index (χ0) is 22.6. The van der Waals surface area contributed by atoms with E-state index < -0.39 is 32.5 Å². The number of hydrogen-bond acceptors (Lipinski definition) is 6. The number of carbonyl (C=O) groups excluding carboxylic acids is 1. The molecule has 2 aromatic carbocycles. The van der Waals surface area contributed by atoms with Gasteiger partial charge in [-0.1, -0.05) is 12.1 Å². The van der Waals surface area contributed by atoms with Gasteiger partial charge in [0.1, 0.15) is 12.3 Å². The second kappa shape index (κ2) is 9.25. The SMILES string of the molecule is COc1ccccc1N(CC(=O)Nc1ccc(S(=O)(=O)N2CCCC2)cc1)S(C)(=O)=O. The second-order valence-corrected chi connectivity index (χ2v) is 11.0. The van der Waals surface area contributed by atoms with Crippen molar-refractivity contribution < 1.29 is 26.4 Å². The third-order valence-electron chi connectivity index (χ3n) is 4.88. The van der Waals surface area contributed by atoms with Gasteiger partial charge in [-0.25, -0.2) is 16.8 Å². The van der Waals surface area contributed by atoms with E-state index in [0.29, 0.717) is 24.5 Å². The summed E-state index contributed by atoms with van der Waals surface area (Å²) in [6.07, 6.45) is 2.69.